The molecule has 0 aromatic heterocycles. The van der Waals surface area contributed by atoms with Crippen molar-refractivity contribution < 1.29 is 4.79 Å². The van der Waals surface area contributed by atoms with Crippen molar-refractivity contribution in [1.82, 2.24) is 5.32 Å². The van der Waals surface area contributed by atoms with Crippen LogP contribution in [-0.2, 0) is 11.3 Å². The molecular formula is C12H16ClNO. The average Bonchev–Trinajstić information content (AvgIpc) is 2.25. The highest BCUT2D eigenvalue weighted by molar-refractivity contribution is 6.17. The topological polar surface area (TPSA) is 29.1 Å². The van der Waals surface area contributed by atoms with Gasteiger partial charge in [0.2, 0.25) is 5.91 Å². The number of amides is 1. The number of rotatable bonds is 5. The molecule has 0 aliphatic heterocycles. The summed E-state index contributed by atoms with van der Waals surface area (Å²) < 4.78 is 0. The maximum Gasteiger partial charge on any atom is 0.220 e. The van der Waals surface area contributed by atoms with Crippen molar-refractivity contribution in [1.29, 1.82) is 0 Å². The van der Waals surface area contributed by atoms with Crippen LogP contribution >= 0.6 is 11.6 Å². The fraction of sp³-hybridized carbons (Fsp3) is 0.417. The summed E-state index contributed by atoms with van der Waals surface area (Å²) in [6.07, 6.45) is 1.25. The normalized spacial score (nSPS) is 10.0. The zero-order valence-electron chi connectivity index (χ0n) is 8.92. The molecule has 3 heteroatoms. The highest BCUT2D eigenvalue weighted by atomic mass is 35.5. The van der Waals surface area contributed by atoms with E-state index in [1.54, 1.807) is 0 Å². The van der Waals surface area contributed by atoms with Crippen LogP contribution in [0.5, 0.6) is 0 Å². The number of halogens is 1. The third-order valence-electron chi connectivity index (χ3n) is 2.27. The number of carbonyl (C=O) groups is 1. The third-order valence-corrected chi connectivity index (χ3v) is 2.54. The first-order chi connectivity index (χ1) is 7.24. The summed E-state index contributed by atoms with van der Waals surface area (Å²) in [5, 5.41) is 2.88. The second-order valence-electron chi connectivity index (χ2n) is 3.50. The van der Waals surface area contributed by atoms with Crippen molar-refractivity contribution in [2.75, 3.05) is 5.88 Å². The molecule has 0 aliphatic carbocycles. The highest BCUT2D eigenvalue weighted by Crippen LogP contribution is 2.06. The number of hydrogen-bond acceptors (Lipinski definition) is 1. The molecular weight excluding hydrogens is 210 g/mol. The molecule has 0 radical (unpaired) electrons. The second kappa shape index (κ2) is 6.46. The van der Waals surface area contributed by atoms with E-state index in [1.807, 2.05) is 31.2 Å². The van der Waals surface area contributed by atoms with Crippen LogP contribution in [0.4, 0.5) is 0 Å². The zero-order valence-corrected chi connectivity index (χ0v) is 9.68. The summed E-state index contributed by atoms with van der Waals surface area (Å²) in [4.78, 5) is 11.3. The van der Waals surface area contributed by atoms with Gasteiger partial charge in [0.15, 0.2) is 0 Å². The number of nitrogens with one attached hydrogen (secondary N) is 1. The fourth-order valence-electron chi connectivity index (χ4n) is 1.32. The smallest absolute Gasteiger partial charge is 0.220 e. The van der Waals surface area contributed by atoms with Gasteiger partial charge < -0.3 is 5.32 Å². The Hall–Kier alpha value is -1.02. The maximum atomic E-state index is 11.3. The number of hydrogen-bond donors (Lipinski definition) is 1. The van der Waals surface area contributed by atoms with Crippen molar-refractivity contribution >= 4 is 17.5 Å². The Morgan fingerprint density at radius 3 is 2.80 bits per heavy atom. The standard InChI is InChI=1S/C12H16ClNO/c1-10-5-2-3-6-11(10)9-14-12(15)7-4-8-13/h2-3,5-6H,4,7-9H2,1H3,(H,14,15). The molecule has 0 aliphatic rings. The van der Waals surface area contributed by atoms with Crippen LogP contribution in [0.3, 0.4) is 0 Å². The molecule has 1 rings (SSSR count). The van der Waals surface area contributed by atoms with E-state index in [1.165, 1.54) is 5.56 Å². The number of carbonyl (C=O) groups excluding carboxylic acids is 1. The van der Waals surface area contributed by atoms with E-state index in [4.69, 9.17) is 11.6 Å². The first kappa shape index (κ1) is 12.1. The Morgan fingerprint density at radius 2 is 2.13 bits per heavy atom. The first-order valence-electron chi connectivity index (χ1n) is 5.11. The Balaban J connectivity index is 2.37. The van der Waals surface area contributed by atoms with Gasteiger partial charge in [-0.25, -0.2) is 0 Å². The quantitative estimate of drug-likeness (QED) is 0.767. The molecule has 0 unspecified atom stereocenters. The molecule has 1 amide bonds. The number of aryl methyl sites for hydroxylation is 1. The lowest BCUT2D eigenvalue weighted by Crippen LogP contribution is -2.22. The van der Waals surface area contributed by atoms with Gasteiger partial charge in [0, 0.05) is 18.8 Å². The van der Waals surface area contributed by atoms with Crippen LogP contribution in [0.25, 0.3) is 0 Å². The molecule has 0 atom stereocenters. The van der Waals surface area contributed by atoms with Gasteiger partial charge in [-0.1, -0.05) is 24.3 Å². The van der Waals surface area contributed by atoms with Crippen LogP contribution in [-0.4, -0.2) is 11.8 Å². The summed E-state index contributed by atoms with van der Waals surface area (Å²) in [6.45, 7) is 2.65. The van der Waals surface area contributed by atoms with Crippen LogP contribution in [0, 0.1) is 6.92 Å². The summed E-state index contributed by atoms with van der Waals surface area (Å²) in [5.74, 6) is 0.608. The largest absolute Gasteiger partial charge is 0.352 e. The molecule has 0 saturated heterocycles. The van der Waals surface area contributed by atoms with Gasteiger partial charge >= 0.3 is 0 Å². The summed E-state index contributed by atoms with van der Waals surface area (Å²) in [5.41, 5.74) is 2.37. The van der Waals surface area contributed by atoms with E-state index < -0.39 is 0 Å². The molecule has 1 aromatic carbocycles. The van der Waals surface area contributed by atoms with Crippen LogP contribution < -0.4 is 5.32 Å². The van der Waals surface area contributed by atoms with Gasteiger partial charge in [0.25, 0.3) is 0 Å². The Bertz CT molecular complexity index is 325. The zero-order chi connectivity index (χ0) is 11.1. The van der Waals surface area contributed by atoms with Crippen LogP contribution in [0.1, 0.15) is 24.0 Å². The molecule has 82 valence electrons. The SMILES string of the molecule is Cc1ccccc1CNC(=O)CCCCl. The second-order valence-corrected chi connectivity index (χ2v) is 3.87. The maximum absolute atomic E-state index is 11.3. The minimum Gasteiger partial charge on any atom is -0.352 e. The van der Waals surface area contributed by atoms with Crippen molar-refractivity contribution in [2.24, 2.45) is 0 Å². The summed E-state index contributed by atoms with van der Waals surface area (Å²) in [7, 11) is 0. The lowest BCUT2D eigenvalue weighted by Gasteiger charge is -2.07. The third kappa shape index (κ3) is 4.34. The lowest BCUT2D eigenvalue weighted by molar-refractivity contribution is -0.121. The molecule has 0 bridgehead atoms. The minimum absolute atomic E-state index is 0.0684. The van der Waals surface area contributed by atoms with Crippen molar-refractivity contribution in [2.45, 2.75) is 26.3 Å². The number of benzene rings is 1. The molecule has 0 spiro atoms. The van der Waals surface area contributed by atoms with Gasteiger partial charge in [0.1, 0.15) is 0 Å². The minimum atomic E-state index is 0.0684. The van der Waals surface area contributed by atoms with Gasteiger partial charge in [-0.3, -0.25) is 4.79 Å². The van der Waals surface area contributed by atoms with Gasteiger partial charge in [0.05, 0.1) is 0 Å². The van der Waals surface area contributed by atoms with Gasteiger partial charge in [-0.2, -0.15) is 0 Å². The van der Waals surface area contributed by atoms with E-state index in [-0.39, 0.29) is 5.91 Å². The predicted molar refractivity (Wildman–Crippen MR) is 63.0 cm³/mol. The van der Waals surface area contributed by atoms with Gasteiger partial charge in [-0.15, -0.1) is 11.6 Å². The van der Waals surface area contributed by atoms with Crippen molar-refractivity contribution in [3.05, 3.63) is 35.4 Å². The van der Waals surface area contributed by atoms with Crippen molar-refractivity contribution in [3.63, 3.8) is 0 Å². The lowest BCUT2D eigenvalue weighted by atomic mass is 10.1. The predicted octanol–water partition coefficient (Wildman–Crippen LogP) is 2.63. The highest BCUT2D eigenvalue weighted by Gasteiger charge is 2.01. The first-order valence-corrected chi connectivity index (χ1v) is 5.64. The van der Waals surface area contributed by atoms with E-state index in [0.717, 1.165) is 12.0 Å². The van der Waals surface area contributed by atoms with Crippen LogP contribution in [0.15, 0.2) is 24.3 Å². The van der Waals surface area contributed by atoms with Crippen LogP contribution in [0.2, 0.25) is 0 Å². The Labute approximate surface area is 95.6 Å². The molecule has 0 saturated carbocycles. The van der Waals surface area contributed by atoms with E-state index in [0.29, 0.717) is 18.8 Å². The van der Waals surface area contributed by atoms with Crippen molar-refractivity contribution in [3.8, 4) is 0 Å². The van der Waals surface area contributed by atoms with E-state index in [2.05, 4.69) is 5.32 Å². The summed E-state index contributed by atoms with van der Waals surface area (Å²) >= 11 is 5.51. The van der Waals surface area contributed by atoms with Gasteiger partial charge in [-0.05, 0) is 24.5 Å². The molecule has 0 fully saturated rings. The summed E-state index contributed by atoms with van der Waals surface area (Å²) in [6, 6.07) is 8.04. The molecule has 1 aromatic rings. The molecule has 0 heterocycles. The average molecular weight is 226 g/mol. The van der Waals surface area contributed by atoms with E-state index >= 15 is 0 Å². The Kier molecular flexibility index (Phi) is 5.19. The number of alkyl halides is 1. The van der Waals surface area contributed by atoms with E-state index in [9.17, 15) is 4.79 Å². The molecule has 2 nitrogen and oxygen atoms in total. The molecule has 1 N–H and O–H groups in total. The Morgan fingerprint density at radius 1 is 1.40 bits per heavy atom. The fourth-order valence-corrected chi connectivity index (χ4v) is 1.45. The monoisotopic (exact) mass is 225 g/mol. The molecule has 15 heavy (non-hydrogen) atoms.